The van der Waals surface area contributed by atoms with E-state index < -0.39 is 35.8 Å². The molecule has 7 heteroatoms. The van der Waals surface area contributed by atoms with Gasteiger partial charge in [-0.1, -0.05) is 44.2 Å². The largest absolute Gasteiger partial charge is 0.451 e. The normalized spacial score (nSPS) is 11.1. The quantitative estimate of drug-likeness (QED) is 0.460. The third kappa shape index (κ3) is 5.48. The molecule has 0 unspecified atom stereocenters. The van der Waals surface area contributed by atoms with Gasteiger partial charge in [0, 0.05) is 0 Å². The number of rotatable bonds is 6. The van der Waals surface area contributed by atoms with Crippen molar-refractivity contribution in [2.24, 2.45) is 0 Å². The van der Waals surface area contributed by atoms with E-state index in [0.717, 1.165) is 23.8 Å². The molecule has 5 nitrogen and oxygen atoms in total. The summed E-state index contributed by atoms with van der Waals surface area (Å²) in [5.41, 5.74) is 0.790. The second-order valence-electron chi connectivity index (χ2n) is 6.21. The number of amides is 1. The first kappa shape index (κ1) is 20.8. The van der Waals surface area contributed by atoms with Gasteiger partial charge in [-0.3, -0.25) is 4.79 Å². The van der Waals surface area contributed by atoms with Gasteiger partial charge in [0.25, 0.3) is 5.91 Å². The van der Waals surface area contributed by atoms with Crippen LogP contribution in [0.2, 0.25) is 0 Å². The van der Waals surface area contributed by atoms with Crippen LogP contribution in [0, 0.1) is 23.0 Å². The van der Waals surface area contributed by atoms with Crippen molar-refractivity contribution in [2.45, 2.75) is 19.8 Å². The molecular weight excluding hydrogens is 366 g/mol. The molecule has 0 aliphatic rings. The Kier molecular flexibility index (Phi) is 6.99. The second kappa shape index (κ2) is 9.42. The lowest BCUT2D eigenvalue weighted by Crippen LogP contribution is -2.22. The molecule has 0 bridgehead atoms. The number of nitriles is 1. The first-order valence-corrected chi connectivity index (χ1v) is 8.44. The molecule has 0 saturated heterocycles. The van der Waals surface area contributed by atoms with Crippen molar-refractivity contribution >= 4 is 23.6 Å². The molecule has 0 spiro atoms. The fourth-order valence-corrected chi connectivity index (χ4v) is 2.28. The first-order valence-electron chi connectivity index (χ1n) is 8.44. The van der Waals surface area contributed by atoms with Crippen LogP contribution in [-0.2, 0) is 14.3 Å². The predicted molar refractivity (Wildman–Crippen MR) is 100 cm³/mol. The zero-order valence-corrected chi connectivity index (χ0v) is 15.3. The monoisotopic (exact) mass is 384 g/mol. The Labute approximate surface area is 161 Å². The maximum Gasteiger partial charge on any atom is 0.349 e. The molecule has 2 aromatic carbocycles. The lowest BCUT2D eigenvalue weighted by molar-refractivity contribution is -0.142. The molecule has 28 heavy (non-hydrogen) atoms. The number of esters is 1. The van der Waals surface area contributed by atoms with Crippen LogP contribution in [0.25, 0.3) is 6.08 Å². The Morgan fingerprint density at radius 3 is 2.29 bits per heavy atom. The van der Waals surface area contributed by atoms with E-state index in [1.54, 1.807) is 18.2 Å². The van der Waals surface area contributed by atoms with Crippen molar-refractivity contribution in [1.29, 1.82) is 5.26 Å². The van der Waals surface area contributed by atoms with E-state index in [1.807, 2.05) is 31.3 Å². The summed E-state index contributed by atoms with van der Waals surface area (Å²) >= 11 is 0. The maximum atomic E-state index is 13.5. The van der Waals surface area contributed by atoms with Crippen molar-refractivity contribution in [2.75, 3.05) is 11.9 Å². The summed E-state index contributed by atoms with van der Waals surface area (Å²) in [7, 11) is 0. The molecule has 0 aliphatic heterocycles. The van der Waals surface area contributed by atoms with Crippen LogP contribution in [0.15, 0.2) is 48.0 Å². The average Bonchev–Trinajstić information content (AvgIpc) is 2.67. The van der Waals surface area contributed by atoms with Gasteiger partial charge in [-0.25, -0.2) is 13.6 Å². The predicted octanol–water partition coefficient (Wildman–Crippen LogP) is 4.18. The van der Waals surface area contributed by atoms with Gasteiger partial charge in [-0.2, -0.15) is 5.26 Å². The van der Waals surface area contributed by atoms with Crippen molar-refractivity contribution in [3.05, 3.63) is 70.8 Å². The zero-order valence-electron chi connectivity index (χ0n) is 15.3. The summed E-state index contributed by atoms with van der Waals surface area (Å²) in [6.07, 6.45) is 1.33. The van der Waals surface area contributed by atoms with Gasteiger partial charge < -0.3 is 10.1 Å². The van der Waals surface area contributed by atoms with E-state index in [1.165, 1.54) is 6.08 Å². The minimum atomic E-state index is -1.01. The lowest BCUT2D eigenvalue weighted by atomic mass is 10.0. The van der Waals surface area contributed by atoms with Crippen molar-refractivity contribution in [3.8, 4) is 6.07 Å². The van der Waals surface area contributed by atoms with E-state index >= 15 is 0 Å². The van der Waals surface area contributed by atoms with E-state index in [9.17, 15) is 18.4 Å². The minimum Gasteiger partial charge on any atom is -0.451 e. The molecule has 1 N–H and O–H groups in total. The summed E-state index contributed by atoms with van der Waals surface area (Å²) in [5, 5.41) is 11.1. The number of carbonyl (C=O) groups is 2. The minimum absolute atomic E-state index is 0.304. The number of anilines is 1. The Bertz CT molecular complexity index is 925. The molecule has 0 fully saturated rings. The van der Waals surface area contributed by atoms with E-state index in [0.29, 0.717) is 11.5 Å². The summed E-state index contributed by atoms with van der Waals surface area (Å²) in [4.78, 5) is 23.8. The van der Waals surface area contributed by atoms with E-state index in [4.69, 9.17) is 10.00 Å². The fourth-order valence-electron chi connectivity index (χ4n) is 2.28. The Hall–Kier alpha value is -3.53. The highest BCUT2D eigenvalue weighted by Gasteiger charge is 2.16. The standard InChI is InChI=1S/C21H18F2N2O3/c1-13(2)15-8-6-14(7-9-15)10-16(11-24)21(27)28-12-19(26)25-20-17(22)4-3-5-18(20)23/h3-10,13H,12H2,1-2H3,(H,25,26)/b16-10+. The van der Waals surface area contributed by atoms with Crippen LogP contribution in [0.4, 0.5) is 14.5 Å². The molecule has 1 amide bonds. The van der Waals surface area contributed by atoms with Gasteiger partial charge >= 0.3 is 5.97 Å². The molecule has 144 valence electrons. The smallest absolute Gasteiger partial charge is 0.349 e. The Morgan fingerprint density at radius 1 is 1.14 bits per heavy atom. The van der Waals surface area contributed by atoms with Crippen LogP contribution < -0.4 is 5.32 Å². The van der Waals surface area contributed by atoms with Gasteiger partial charge in [0.2, 0.25) is 0 Å². The van der Waals surface area contributed by atoms with Crippen LogP contribution in [-0.4, -0.2) is 18.5 Å². The highest BCUT2D eigenvalue weighted by Crippen LogP contribution is 2.18. The molecule has 2 rings (SSSR count). The molecule has 0 radical (unpaired) electrons. The van der Waals surface area contributed by atoms with Crippen LogP contribution >= 0.6 is 0 Å². The Morgan fingerprint density at radius 2 is 1.75 bits per heavy atom. The third-order valence-corrected chi connectivity index (χ3v) is 3.82. The van der Waals surface area contributed by atoms with Crippen LogP contribution in [0.1, 0.15) is 30.9 Å². The maximum absolute atomic E-state index is 13.5. The van der Waals surface area contributed by atoms with Crippen LogP contribution in [0.5, 0.6) is 0 Å². The van der Waals surface area contributed by atoms with Crippen molar-refractivity contribution in [3.63, 3.8) is 0 Å². The molecule has 0 aliphatic carbocycles. The van der Waals surface area contributed by atoms with Gasteiger partial charge in [-0.15, -0.1) is 0 Å². The number of hydrogen-bond donors (Lipinski definition) is 1. The number of benzene rings is 2. The summed E-state index contributed by atoms with van der Waals surface area (Å²) in [6, 6.07) is 12.1. The number of carbonyl (C=O) groups excluding carboxylic acids is 2. The summed E-state index contributed by atoms with van der Waals surface area (Å²) < 4.78 is 31.8. The van der Waals surface area contributed by atoms with E-state index in [-0.39, 0.29) is 5.57 Å². The number of nitrogens with zero attached hydrogens (tertiary/aromatic N) is 1. The first-order chi connectivity index (χ1) is 13.3. The summed E-state index contributed by atoms with van der Waals surface area (Å²) in [5.74, 6) is -3.52. The van der Waals surface area contributed by atoms with Crippen molar-refractivity contribution < 1.29 is 23.1 Å². The number of nitrogens with one attached hydrogen (secondary N) is 1. The lowest BCUT2D eigenvalue weighted by Gasteiger charge is -2.08. The van der Waals surface area contributed by atoms with Gasteiger partial charge in [0.1, 0.15) is 29.0 Å². The molecular formula is C21H18F2N2O3. The number of ether oxygens (including phenoxy) is 1. The van der Waals surface area contributed by atoms with Gasteiger partial charge in [0.15, 0.2) is 6.61 Å². The number of para-hydroxylation sites is 1. The third-order valence-electron chi connectivity index (χ3n) is 3.82. The zero-order chi connectivity index (χ0) is 20.7. The topological polar surface area (TPSA) is 79.2 Å². The second-order valence-corrected chi connectivity index (χ2v) is 6.21. The van der Waals surface area contributed by atoms with Crippen LogP contribution in [0.3, 0.4) is 0 Å². The molecule has 0 aromatic heterocycles. The average molecular weight is 384 g/mol. The van der Waals surface area contributed by atoms with Gasteiger partial charge in [0.05, 0.1) is 0 Å². The fraction of sp³-hybridized carbons (Fsp3) is 0.190. The SMILES string of the molecule is CC(C)c1ccc(/C=C(\C#N)C(=O)OCC(=O)Nc2c(F)cccc2F)cc1. The molecule has 0 saturated carbocycles. The van der Waals surface area contributed by atoms with Gasteiger partial charge in [-0.05, 0) is 35.3 Å². The molecule has 0 atom stereocenters. The van der Waals surface area contributed by atoms with Crippen molar-refractivity contribution in [1.82, 2.24) is 0 Å². The number of halogens is 2. The highest BCUT2D eigenvalue weighted by molar-refractivity contribution is 6.00. The summed E-state index contributed by atoms with van der Waals surface area (Å²) in [6.45, 7) is 3.29. The number of hydrogen-bond acceptors (Lipinski definition) is 4. The Balaban J connectivity index is 2.00. The van der Waals surface area contributed by atoms with E-state index in [2.05, 4.69) is 0 Å². The molecule has 0 heterocycles. The molecule has 2 aromatic rings. The highest BCUT2D eigenvalue weighted by atomic mass is 19.1.